The summed E-state index contributed by atoms with van der Waals surface area (Å²) in [5.74, 6) is 0.886. The van der Waals surface area contributed by atoms with E-state index in [1.807, 2.05) is 16.5 Å². The minimum atomic E-state index is 0.227. The van der Waals surface area contributed by atoms with Crippen molar-refractivity contribution >= 4 is 22.4 Å². The van der Waals surface area contributed by atoms with Gasteiger partial charge in [-0.2, -0.15) is 0 Å². The fraction of sp³-hybridized carbons (Fsp3) is 0.474. The zero-order valence-corrected chi connectivity index (χ0v) is 15.3. The highest BCUT2D eigenvalue weighted by Gasteiger charge is 2.22. The predicted octanol–water partition coefficient (Wildman–Crippen LogP) is 3.23. The highest BCUT2D eigenvalue weighted by molar-refractivity contribution is 7.13. The molecule has 0 aliphatic carbocycles. The molecule has 1 fully saturated rings. The second-order valence-corrected chi connectivity index (χ2v) is 7.65. The van der Waals surface area contributed by atoms with Crippen LogP contribution in [-0.2, 0) is 17.6 Å². The molecule has 0 unspecified atom stereocenters. The summed E-state index contributed by atoms with van der Waals surface area (Å²) in [5, 5.41) is 3.05. The Hall–Kier alpha value is -1.88. The summed E-state index contributed by atoms with van der Waals surface area (Å²) < 4.78 is 0. The molecular formula is C19H25N3OS. The first kappa shape index (κ1) is 17.0. The monoisotopic (exact) mass is 343 g/mol. The van der Waals surface area contributed by atoms with E-state index in [-0.39, 0.29) is 5.91 Å². The molecule has 0 spiro atoms. The molecular weight excluding hydrogens is 318 g/mol. The van der Waals surface area contributed by atoms with Crippen LogP contribution in [0.2, 0.25) is 0 Å². The second kappa shape index (κ2) is 7.79. The lowest BCUT2D eigenvalue weighted by atomic mass is 10.0. The molecule has 2 heterocycles. The number of hydrogen-bond acceptors (Lipinski definition) is 4. The molecule has 0 saturated carbocycles. The van der Waals surface area contributed by atoms with Gasteiger partial charge < -0.3 is 9.80 Å². The molecule has 2 aromatic rings. The number of carbonyl (C=O) groups is 1. The van der Waals surface area contributed by atoms with Gasteiger partial charge in [0.05, 0.1) is 6.42 Å². The molecule has 0 N–H and O–H groups in total. The van der Waals surface area contributed by atoms with Gasteiger partial charge in [0.25, 0.3) is 0 Å². The Labute approximate surface area is 148 Å². The second-order valence-electron chi connectivity index (χ2n) is 6.77. The van der Waals surface area contributed by atoms with Crippen LogP contribution in [-0.4, -0.2) is 42.0 Å². The zero-order valence-electron chi connectivity index (χ0n) is 14.4. The van der Waals surface area contributed by atoms with Crippen molar-refractivity contribution in [2.24, 2.45) is 5.92 Å². The number of carbonyl (C=O) groups excluding carboxylic acids is 1. The van der Waals surface area contributed by atoms with Crippen LogP contribution in [0.3, 0.4) is 0 Å². The van der Waals surface area contributed by atoms with E-state index in [4.69, 9.17) is 0 Å². The van der Waals surface area contributed by atoms with Crippen LogP contribution in [0.1, 0.15) is 25.0 Å². The Morgan fingerprint density at radius 1 is 1.12 bits per heavy atom. The number of aromatic nitrogens is 1. The number of anilines is 1. The molecule has 4 nitrogen and oxygen atoms in total. The Balaban J connectivity index is 1.50. The highest BCUT2D eigenvalue weighted by Crippen LogP contribution is 2.19. The number of amides is 1. The third-order valence-electron chi connectivity index (χ3n) is 4.34. The van der Waals surface area contributed by atoms with E-state index in [1.165, 1.54) is 5.56 Å². The maximum Gasteiger partial charge on any atom is 0.227 e. The number of hydrogen-bond donors (Lipinski definition) is 0. The van der Waals surface area contributed by atoms with Crippen molar-refractivity contribution < 1.29 is 4.79 Å². The SMILES string of the molecule is CC(C)Cc1ccc(CC(=O)N2CCN(c3nccs3)CC2)cc1. The van der Waals surface area contributed by atoms with Gasteiger partial charge in [-0.3, -0.25) is 4.79 Å². The maximum absolute atomic E-state index is 12.5. The van der Waals surface area contributed by atoms with E-state index in [0.717, 1.165) is 43.3 Å². The van der Waals surface area contributed by atoms with Gasteiger partial charge in [0.1, 0.15) is 0 Å². The van der Waals surface area contributed by atoms with E-state index < -0.39 is 0 Å². The van der Waals surface area contributed by atoms with Crippen LogP contribution in [0.15, 0.2) is 35.8 Å². The van der Waals surface area contributed by atoms with Gasteiger partial charge in [0.15, 0.2) is 5.13 Å². The van der Waals surface area contributed by atoms with Gasteiger partial charge in [0.2, 0.25) is 5.91 Å². The summed E-state index contributed by atoms with van der Waals surface area (Å²) >= 11 is 1.66. The van der Waals surface area contributed by atoms with Crippen LogP contribution >= 0.6 is 11.3 Å². The van der Waals surface area contributed by atoms with Crippen LogP contribution < -0.4 is 4.90 Å². The number of piperazine rings is 1. The van der Waals surface area contributed by atoms with Gasteiger partial charge in [-0.15, -0.1) is 11.3 Å². The summed E-state index contributed by atoms with van der Waals surface area (Å²) in [6.45, 7) is 7.75. The first-order chi connectivity index (χ1) is 11.6. The van der Waals surface area contributed by atoms with Crippen LogP contribution in [0, 0.1) is 5.92 Å². The van der Waals surface area contributed by atoms with Crippen molar-refractivity contribution in [2.45, 2.75) is 26.7 Å². The van der Waals surface area contributed by atoms with Gasteiger partial charge >= 0.3 is 0 Å². The molecule has 0 bridgehead atoms. The van der Waals surface area contributed by atoms with Crippen molar-refractivity contribution in [3.05, 3.63) is 47.0 Å². The average Bonchev–Trinajstić information content (AvgIpc) is 3.11. The minimum Gasteiger partial charge on any atom is -0.345 e. The molecule has 1 aromatic carbocycles. The molecule has 0 radical (unpaired) electrons. The average molecular weight is 343 g/mol. The molecule has 0 atom stereocenters. The van der Waals surface area contributed by atoms with Crippen molar-refractivity contribution in [3.63, 3.8) is 0 Å². The van der Waals surface area contributed by atoms with E-state index in [1.54, 1.807) is 11.3 Å². The predicted molar refractivity (Wildman–Crippen MR) is 99.6 cm³/mol. The Kier molecular flexibility index (Phi) is 5.51. The van der Waals surface area contributed by atoms with Crippen molar-refractivity contribution in [2.75, 3.05) is 31.1 Å². The van der Waals surface area contributed by atoms with Gasteiger partial charge in [-0.1, -0.05) is 38.1 Å². The summed E-state index contributed by atoms with van der Waals surface area (Å²) in [4.78, 5) is 21.1. The van der Waals surface area contributed by atoms with E-state index in [2.05, 4.69) is 48.0 Å². The first-order valence-corrected chi connectivity index (χ1v) is 9.50. The first-order valence-electron chi connectivity index (χ1n) is 8.62. The van der Waals surface area contributed by atoms with Crippen molar-refractivity contribution in [3.8, 4) is 0 Å². The number of benzene rings is 1. The largest absolute Gasteiger partial charge is 0.345 e. The Bertz CT molecular complexity index is 644. The lowest BCUT2D eigenvalue weighted by Crippen LogP contribution is -2.49. The van der Waals surface area contributed by atoms with Crippen LogP contribution in [0.4, 0.5) is 5.13 Å². The van der Waals surface area contributed by atoms with Gasteiger partial charge in [-0.05, 0) is 23.5 Å². The minimum absolute atomic E-state index is 0.227. The number of thiazole rings is 1. The molecule has 1 saturated heterocycles. The van der Waals surface area contributed by atoms with E-state index in [9.17, 15) is 4.79 Å². The molecule has 1 aliphatic heterocycles. The topological polar surface area (TPSA) is 36.4 Å². The maximum atomic E-state index is 12.5. The van der Waals surface area contributed by atoms with Crippen molar-refractivity contribution in [1.29, 1.82) is 0 Å². The van der Waals surface area contributed by atoms with Crippen LogP contribution in [0.5, 0.6) is 0 Å². The molecule has 24 heavy (non-hydrogen) atoms. The Morgan fingerprint density at radius 2 is 1.79 bits per heavy atom. The van der Waals surface area contributed by atoms with E-state index in [0.29, 0.717) is 12.3 Å². The van der Waals surface area contributed by atoms with Gasteiger partial charge in [0, 0.05) is 37.8 Å². The molecule has 1 amide bonds. The highest BCUT2D eigenvalue weighted by atomic mass is 32.1. The van der Waals surface area contributed by atoms with Gasteiger partial charge in [-0.25, -0.2) is 4.98 Å². The normalized spacial score (nSPS) is 15.1. The number of rotatable bonds is 5. The molecule has 128 valence electrons. The lowest BCUT2D eigenvalue weighted by molar-refractivity contribution is -0.130. The summed E-state index contributed by atoms with van der Waals surface area (Å²) in [6.07, 6.45) is 3.42. The summed E-state index contributed by atoms with van der Waals surface area (Å²) in [5.41, 5.74) is 2.45. The lowest BCUT2D eigenvalue weighted by Gasteiger charge is -2.34. The fourth-order valence-electron chi connectivity index (χ4n) is 3.07. The molecule has 1 aliphatic rings. The third kappa shape index (κ3) is 4.35. The third-order valence-corrected chi connectivity index (χ3v) is 5.18. The number of nitrogens with zero attached hydrogens (tertiary/aromatic N) is 3. The Morgan fingerprint density at radius 3 is 2.38 bits per heavy atom. The quantitative estimate of drug-likeness (QED) is 0.836. The summed E-state index contributed by atoms with van der Waals surface area (Å²) in [7, 11) is 0. The van der Waals surface area contributed by atoms with Crippen molar-refractivity contribution in [1.82, 2.24) is 9.88 Å². The zero-order chi connectivity index (χ0) is 16.9. The standard InChI is InChI=1S/C19H25N3OS/c1-15(2)13-16-3-5-17(6-4-16)14-18(23)21-8-10-22(11-9-21)19-20-7-12-24-19/h3-7,12,15H,8-11,13-14H2,1-2H3. The molecule has 3 rings (SSSR count). The summed E-state index contributed by atoms with van der Waals surface area (Å²) in [6, 6.07) is 8.51. The van der Waals surface area contributed by atoms with Crippen LogP contribution in [0.25, 0.3) is 0 Å². The fourth-order valence-corrected chi connectivity index (χ4v) is 3.77. The molecule has 5 heteroatoms. The smallest absolute Gasteiger partial charge is 0.227 e. The molecule has 1 aromatic heterocycles. The van der Waals surface area contributed by atoms with E-state index >= 15 is 0 Å².